The Morgan fingerprint density at radius 3 is 2.25 bits per heavy atom. The number of hydrogen-bond acceptors (Lipinski definition) is 4. The summed E-state index contributed by atoms with van der Waals surface area (Å²) in [5, 5.41) is 20.9. The number of halogens is 1. The first-order valence-corrected chi connectivity index (χ1v) is 10.3. The first-order valence-electron chi connectivity index (χ1n) is 10.3. The molecule has 4 nitrogen and oxygen atoms in total. The van der Waals surface area contributed by atoms with Crippen molar-refractivity contribution in [2.75, 3.05) is 0 Å². The van der Waals surface area contributed by atoms with Crippen molar-refractivity contribution in [1.29, 1.82) is 10.5 Å². The molecule has 0 saturated carbocycles. The predicted molar refractivity (Wildman–Crippen MR) is 117 cm³/mol. The lowest BCUT2D eigenvalue weighted by atomic mass is 9.67. The van der Waals surface area contributed by atoms with E-state index in [0.717, 1.165) is 11.1 Å². The number of ketones is 1. The molecule has 0 N–H and O–H groups in total. The Labute approximate surface area is 185 Å². The first kappa shape index (κ1) is 19.7. The van der Waals surface area contributed by atoms with Gasteiger partial charge in [-0.2, -0.15) is 10.5 Å². The molecule has 3 aromatic rings. The molecule has 2 aliphatic heterocycles. The maximum Gasteiger partial charge on any atom is 0.185 e. The summed E-state index contributed by atoms with van der Waals surface area (Å²) in [6.45, 7) is 0. The highest BCUT2D eigenvalue weighted by atomic mass is 19.1. The number of nitriles is 2. The van der Waals surface area contributed by atoms with E-state index in [-0.39, 0.29) is 5.78 Å². The van der Waals surface area contributed by atoms with Crippen molar-refractivity contribution in [2.24, 2.45) is 5.41 Å². The molecule has 0 aliphatic carbocycles. The van der Waals surface area contributed by atoms with E-state index in [0.29, 0.717) is 11.1 Å². The lowest BCUT2D eigenvalue weighted by Crippen LogP contribution is -2.37. The van der Waals surface area contributed by atoms with E-state index in [1.165, 1.54) is 12.1 Å². The second-order valence-electron chi connectivity index (χ2n) is 8.09. The molecule has 2 aliphatic rings. The fourth-order valence-electron chi connectivity index (χ4n) is 5.11. The second-order valence-corrected chi connectivity index (χ2v) is 8.09. The largest absolute Gasteiger partial charge is 0.357 e. The molecule has 32 heavy (non-hydrogen) atoms. The summed E-state index contributed by atoms with van der Waals surface area (Å²) in [6, 6.07) is 25.4. The van der Waals surface area contributed by atoms with Gasteiger partial charge >= 0.3 is 0 Å². The minimum Gasteiger partial charge on any atom is -0.357 e. The topological polar surface area (TPSA) is 67.9 Å². The van der Waals surface area contributed by atoms with Crippen molar-refractivity contribution >= 4 is 11.9 Å². The van der Waals surface area contributed by atoms with Crippen molar-refractivity contribution in [3.8, 4) is 12.1 Å². The monoisotopic (exact) mass is 419 g/mol. The summed E-state index contributed by atoms with van der Waals surface area (Å²) in [6.07, 6.45) is 3.72. The number of carbonyl (C=O) groups excluding carboxylic acids is 1. The number of rotatable bonds is 3. The van der Waals surface area contributed by atoms with Crippen LogP contribution >= 0.6 is 0 Å². The Morgan fingerprint density at radius 2 is 1.56 bits per heavy atom. The molecule has 154 valence electrons. The standard InChI is InChI=1S/C27H18FN3O/c28-21-12-10-19(11-13-21)23-24(25(32)20-7-2-1-3-8-20)31-15-14-18-6-4-5-9-22(18)26(31)27(23,16-29)17-30/h1-15,23-24,26H/t23-,24+,26-/m1/s1. The Balaban J connectivity index is 1.78. The van der Waals surface area contributed by atoms with Gasteiger partial charge in [0, 0.05) is 17.7 Å². The third-order valence-corrected chi connectivity index (χ3v) is 6.50. The number of Topliss-reactive ketones (excluding diaryl/α,β-unsaturated/α-hetero) is 1. The predicted octanol–water partition coefficient (Wildman–Crippen LogP) is 5.24. The van der Waals surface area contributed by atoms with Gasteiger partial charge in [0.2, 0.25) is 0 Å². The van der Waals surface area contributed by atoms with Crippen molar-refractivity contribution in [2.45, 2.75) is 18.0 Å². The van der Waals surface area contributed by atoms with E-state index in [2.05, 4.69) is 12.1 Å². The van der Waals surface area contributed by atoms with Gasteiger partial charge in [-0.15, -0.1) is 0 Å². The Hall–Kier alpha value is -4.22. The average molecular weight is 419 g/mol. The zero-order valence-electron chi connectivity index (χ0n) is 17.0. The van der Waals surface area contributed by atoms with Crippen molar-refractivity contribution in [3.63, 3.8) is 0 Å². The second kappa shape index (κ2) is 7.48. The fraction of sp³-hybridized carbons (Fsp3) is 0.148. The minimum absolute atomic E-state index is 0.179. The van der Waals surface area contributed by atoms with Gasteiger partial charge < -0.3 is 4.90 Å². The smallest absolute Gasteiger partial charge is 0.185 e. The van der Waals surface area contributed by atoms with Crippen LogP contribution in [0, 0.1) is 33.9 Å². The molecule has 1 saturated heterocycles. The van der Waals surface area contributed by atoms with E-state index in [1.54, 1.807) is 36.4 Å². The highest BCUT2D eigenvalue weighted by Gasteiger charge is 2.63. The highest BCUT2D eigenvalue weighted by molar-refractivity contribution is 6.01. The van der Waals surface area contributed by atoms with Crippen LogP contribution in [0.3, 0.4) is 0 Å². The third kappa shape index (κ3) is 2.76. The molecule has 0 aromatic heterocycles. The van der Waals surface area contributed by atoms with Crippen LogP contribution in [0.5, 0.6) is 0 Å². The van der Waals surface area contributed by atoms with Crippen LogP contribution in [-0.2, 0) is 0 Å². The molecule has 3 aromatic carbocycles. The van der Waals surface area contributed by atoms with E-state index in [4.69, 9.17) is 0 Å². The van der Waals surface area contributed by atoms with Crippen LogP contribution < -0.4 is 0 Å². The molecular weight excluding hydrogens is 401 g/mol. The van der Waals surface area contributed by atoms with Gasteiger partial charge in [0.05, 0.1) is 18.2 Å². The molecule has 1 fully saturated rings. The van der Waals surface area contributed by atoms with Crippen molar-refractivity contribution in [1.82, 2.24) is 4.90 Å². The number of hydrogen-bond donors (Lipinski definition) is 0. The maximum absolute atomic E-state index is 13.8. The molecule has 0 amide bonds. The number of benzene rings is 3. The molecule has 5 heteroatoms. The molecular formula is C27H18FN3O. The van der Waals surface area contributed by atoms with Crippen molar-refractivity contribution in [3.05, 3.63) is 113 Å². The van der Waals surface area contributed by atoms with Gasteiger partial charge in [-0.05, 0) is 34.9 Å². The van der Waals surface area contributed by atoms with E-state index >= 15 is 0 Å². The number of nitrogens with zero attached hydrogens (tertiary/aromatic N) is 3. The van der Waals surface area contributed by atoms with Gasteiger partial charge in [-0.3, -0.25) is 4.79 Å². The van der Waals surface area contributed by atoms with E-state index in [9.17, 15) is 19.7 Å². The van der Waals surface area contributed by atoms with Crippen LogP contribution in [0.1, 0.15) is 39.0 Å². The van der Waals surface area contributed by atoms with E-state index < -0.39 is 29.2 Å². The van der Waals surface area contributed by atoms with Gasteiger partial charge in [-0.25, -0.2) is 4.39 Å². The quantitative estimate of drug-likeness (QED) is 0.545. The summed E-state index contributed by atoms with van der Waals surface area (Å²) in [7, 11) is 0. The normalized spacial score (nSPS) is 22.3. The van der Waals surface area contributed by atoms with Crippen LogP contribution in [-0.4, -0.2) is 16.7 Å². The van der Waals surface area contributed by atoms with Gasteiger partial charge in [-0.1, -0.05) is 66.7 Å². The fourth-order valence-corrected chi connectivity index (χ4v) is 5.11. The molecule has 3 atom stereocenters. The van der Waals surface area contributed by atoms with Gasteiger partial charge in [0.25, 0.3) is 0 Å². The first-order chi connectivity index (χ1) is 15.6. The van der Waals surface area contributed by atoms with Gasteiger partial charge in [0.15, 0.2) is 11.2 Å². The third-order valence-electron chi connectivity index (χ3n) is 6.50. The lowest BCUT2D eigenvalue weighted by Gasteiger charge is -2.34. The van der Waals surface area contributed by atoms with Crippen LogP contribution in [0.4, 0.5) is 4.39 Å². The SMILES string of the molecule is N#CC1(C#N)[C@H](c2ccc(F)cc2)[C@@H](C(=O)c2ccccc2)N2C=Cc3ccccc3[C@@H]21. The summed E-state index contributed by atoms with van der Waals surface area (Å²) >= 11 is 0. The zero-order valence-corrected chi connectivity index (χ0v) is 17.0. The average Bonchev–Trinajstić information content (AvgIpc) is 3.15. The summed E-state index contributed by atoms with van der Waals surface area (Å²) in [5.74, 6) is -1.37. The Morgan fingerprint density at radius 1 is 0.906 bits per heavy atom. The van der Waals surface area contributed by atoms with Crippen molar-refractivity contribution < 1.29 is 9.18 Å². The maximum atomic E-state index is 13.8. The molecule has 0 bridgehead atoms. The molecule has 0 radical (unpaired) electrons. The van der Waals surface area contributed by atoms with Crippen LogP contribution in [0.15, 0.2) is 85.1 Å². The molecule has 0 spiro atoms. The summed E-state index contributed by atoms with van der Waals surface area (Å²) in [4.78, 5) is 15.7. The number of fused-ring (bicyclic) bond motifs is 3. The highest BCUT2D eigenvalue weighted by Crippen LogP contribution is 2.59. The zero-order chi connectivity index (χ0) is 22.3. The lowest BCUT2D eigenvalue weighted by molar-refractivity contribution is 0.0874. The Kier molecular flexibility index (Phi) is 4.61. The molecule has 2 heterocycles. The summed E-state index contributed by atoms with van der Waals surface area (Å²) < 4.78 is 13.7. The molecule has 0 unspecified atom stereocenters. The van der Waals surface area contributed by atoms with Gasteiger partial charge in [0.1, 0.15) is 11.9 Å². The van der Waals surface area contributed by atoms with Crippen LogP contribution in [0.2, 0.25) is 0 Å². The number of carbonyl (C=O) groups is 1. The minimum atomic E-state index is -1.55. The van der Waals surface area contributed by atoms with E-state index in [1.807, 2.05) is 47.5 Å². The molecule has 5 rings (SSSR count). The summed E-state index contributed by atoms with van der Waals surface area (Å²) in [5.41, 5.74) is 1.28. The van der Waals surface area contributed by atoms with Crippen LogP contribution in [0.25, 0.3) is 6.08 Å². The Bertz CT molecular complexity index is 1290.